The Bertz CT molecular complexity index is 455. The molecule has 5 nitrogen and oxygen atoms in total. The zero-order valence-corrected chi connectivity index (χ0v) is 13.1. The summed E-state index contributed by atoms with van der Waals surface area (Å²) in [6, 6.07) is -1.08. The number of imide groups is 1. The summed E-state index contributed by atoms with van der Waals surface area (Å²) in [7, 11) is 0. The summed E-state index contributed by atoms with van der Waals surface area (Å²) in [5.74, 6) is -1.67. The molecule has 0 aromatic carbocycles. The van der Waals surface area contributed by atoms with E-state index in [-0.39, 0.29) is 18.2 Å². The van der Waals surface area contributed by atoms with Crippen molar-refractivity contribution in [2.24, 2.45) is 10.8 Å². The van der Waals surface area contributed by atoms with Crippen LogP contribution in [-0.4, -0.2) is 33.8 Å². The van der Waals surface area contributed by atoms with Crippen LogP contribution in [0.4, 0.5) is 0 Å². The van der Waals surface area contributed by atoms with Gasteiger partial charge in [-0.25, -0.2) is 4.79 Å². The Hall–Kier alpha value is -1.39. The largest absolute Gasteiger partial charge is 0.480 e. The number of carbonyl (C=O) groups is 3. The van der Waals surface area contributed by atoms with E-state index in [2.05, 4.69) is 0 Å². The summed E-state index contributed by atoms with van der Waals surface area (Å²) in [5, 5.41) is 9.50. The third-order valence-electron chi connectivity index (χ3n) is 4.80. The second-order valence-corrected chi connectivity index (χ2v) is 7.55. The van der Waals surface area contributed by atoms with E-state index in [4.69, 9.17) is 0 Å². The number of carboxylic acids is 1. The van der Waals surface area contributed by atoms with Gasteiger partial charge in [-0.1, -0.05) is 46.5 Å². The van der Waals surface area contributed by atoms with Crippen LogP contribution in [0.5, 0.6) is 0 Å². The molecule has 1 unspecified atom stereocenters. The summed E-state index contributed by atoms with van der Waals surface area (Å²) < 4.78 is 0. The zero-order valence-electron chi connectivity index (χ0n) is 13.1. The molecule has 5 heteroatoms. The maximum atomic E-state index is 12.9. The van der Waals surface area contributed by atoms with E-state index in [0.29, 0.717) is 12.8 Å². The fraction of sp³-hybridized carbons (Fsp3) is 0.812. The molecule has 21 heavy (non-hydrogen) atoms. The minimum absolute atomic E-state index is 0.186. The van der Waals surface area contributed by atoms with Crippen LogP contribution in [0, 0.1) is 10.8 Å². The van der Waals surface area contributed by atoms with E-state index in [1.54, 1.807) is 20.8 Å². The van der Waals surface area contributed by atoms with Gasteiger partial charge in [0.2, 0.25) is 11.8 Å². The monoisotopic (exact) mass is 295 g/mol. The standard InChI is InChI=1S/C16H25NO4/c1-15(2,3)12(13(19)20)17-11(18)10-16(14(17)21)8-6-4-5-7-9-16/h12H,4-10H2,1-3H3,(H,19,20). The lowest BCUT2D eigenvalue weighted by atomic mass is 9.78. The summed E-state index contributed by atoms with van der Waals surface area (Å²) in [4.78, 5) is 38.0. The van der Waals surface area contributed by atoms with Crippen molar-refractivity contribution in [3.8, 4) is 0 Å². The minimum Gasteiger partial charge on any atom is -0.480 e. The number of nitrogens with zero attached hydrogens (tertiary/aromatic N) is 1. The first kappa shape index (κ1) is 16.0. The lowest BCUT2D eigenvalue weighted by Gasteiger charge is -2.34. The average Bonchev–Trinajstić information content (AvgIpc) is 2.55. The Morgan fingerprint density at radius 2 is 1.67 bits per heavy atom. The first-order valence-electron chi connectivity index (χ1n) is 7.78. The fourth-order valence-corrected chi connectivity index (χ4v) is 3.74. The normalized spacial score (nSPS) is 24.2. The topological polar surface area (TPSA) is 74.7 Å². The molecule has 1 N–H and O–H groups in total. The molecule has 1 saturated carbocycles. The number of aliphatic carboxylic acids is 1. The fourth-order valence-electron chi connectivity index (χ4n) is 3.74. The predicted octanol–water partition coefficient (Wildman–Crippen LogP) is 2.59. The molecule has 0 bridgehead atoms. The zero-order chi connectivity index (χ0) is 15.8. The van der Waals surface area contributed by atoms with E-state index < -0.39 is 22.8 Å². The smallest absolute Gasteiger partial charge is 0.327 e. The molecule has 2 fully saturated rings. The average molecular weight is 295 g/mol. The van der Waals surface area contributed by atoms with Gasteiger partial charge >= 0.3 is 5.97 Å². The van der Waals surface area contributed by atoms with Gasteiger partial charge in [-0.3, -0.25) is 14.5 Å². The molecular formula is C16H25NO4. The Kier molecular flexibility index (Phi) is 4.13. The van der Waals surface area contributed by atoms with Crippen LogP contribution in [0.2, 0.25) is 0 Å². The molecule has 1 aliphatic carbocycles. The van der Waals surface area contributed by atoms with Crippen molar-refractivity contribution in [1.29, 1.82) is 0 Å². The number of carbonyl (C=O) groups excluding carboxylic acids is 2. The van der Waals surface area contributed by atoms with Gasteiger partial charge in [0, 0.05) is 6.42 Å². The molecule has 1 saturated heterocycles. The van der Waals surface area contributed by atoms with Crippen LogP contribution in [0.3, 0.4) is 0 Å². The van der Waals surface area contributed by atoms with Crippen LogP contribution in [0.15, 0.2) is 0 Å². The summed E-state index contributed by atoms with van der Waals surface area (Å²) >= 11 is 0. The molecule has 0 aromatic rings. The third kappa shape index (κ3) is 2.83. The highest BCUT2D eigenvalue weighted by molar-refractivity contribution is 6.08. The summed E-state index contributed by atoms with van der Waals surface area (Å²) in [6.07, 6.45) is 5.68. The van der Waals surface area contributed by atoms with Crippen molar-refractivity contribution < 1.29 is 19.5 Å². The Morgan fingerprint density at radius 3 is 2.10 bits per heavy atom. The molecule has 0 radical (unpaired) electrons. The summed E-state index contributed by atoms with van der Waals surface area (Å²) in [5.41, 5.74) is -1.31. The van der Waals surface area contributed by atoms with Gasteiger partial charge in [0.05, 0.1) is 5.41 Å². The van der Waals surface area contributed by atoms with Crippen molar-refractivity contribution in [3.63, 3.8) is 0 Å². The van der Waals surface area contributed by atoms with Gasteiger partial charge in [-0.2, -0.15) is 0 Å². The first-order chi connectivity index (χ1) is 9.69. The van der Waals surface area contributed by atoms with Gasteiger partial charge in [0.1, 0.15) is 6.04 Å². The van der Waals surface area contributed by atoms with Crippen molar-refractivity contribution in [2.75, 3.05) is 0 Å². The number of likely N-dealkylation sites (tertiary alicyclic amines) is 1. The van der Waals surface area contributed by atoms with Crippen LogP contribution < -0.4 is 0 Å². The number of carboxylic acid groups (broad SMARTS) is 1. The number of hydrogen-bond acceptors (Lipinski definition) is 3. The van der Waals surface area contributed by atoms with E-state index in [1.807, 2.05) is 0 Å². The highest BCUT2D eigenvalue weighted by Crippen LogP contribution is 2.46. The van der Waals surface area contributed by atoms with E-state index in [9.17, 15) is 19.5 Å². The quantitative estimate of drug-likeness (QED) is 0.795. The molecule has 2 rings (SSSR count). The molecule has 1 spiro atoms. The molecule has 118 valence electrons. The molecule has 2 aliphatic rings. The molecular weight excluding hydrogens is 270 g/mol. The van der Waals surface area contributed by atoms with Gasteiger partial charge in [-0.15, -0.1) is 0 Å². The Labute approximate surface area is 125 Å². The molecule has 0 aromatic heterocycles. The highest BCUT2D eigenvalue weighted by Gasteiger charge is 2.56. The lowest BCUT2D eigenvalue weighted by Crippen LogP contribution is -2.53. The SMILES string of the molecule is CC(C)(C)C(C(=O)O)N1C(=O)CC2(CCCCCC2)C1=O. The maximum Gasteiger partial charge on any atom is 0.327 e. The first-order valence-corrected chi connectivity index (χ1v) is 7.78. The number of hydrogen-bond donors (Lipinski definition) is 1. The summed E-state index contributed by atoms with van der Waals surface area (Å²) in [6.45, 7) is 5.26. The van der Waals surface area contributed by atoms with E-state index in [1.165, 1.54) is 0 Å². The van der Waals surface area contributed by atoms with Crippen LogP contribution in [0.25, 0.3) is 0 Å². The number of amides is 2. The third-order valence-corrected chi connectivity index (χ3v) is 4.80. The van der Waals surface area contributed by atoms with E-state index in [0.717, 1.165) is 30.6 Å². The van der Waals surface area contributed by atoms with Gasteiger partial charge in [0.15, 0.2) is 0 Å². The minimum atomic E-state index is -1.10. The number of rotatable bonds is 2. The van der Waals surface area contributed by atoms with Gasteiger partial charge < -0.3 is 5.11 Å². The molecule has 1 heterocycles. The van der Waals surface area contributed by atoms with Crippen LogP contribution in [-0.2, 0) is 14.4 Å². The lowest BCUT2D eigenvalue weighted by molar-refractivity contribution is -0.160. The van der Waals surface area contributed by atoms with Crippen molar-refractivity contribution in [2.45, 2.75) is 71.8 Å². The van der Waals surface area contributed by atoms with Crippen molar-refractivity contribution in [3.05, 3.63) is 0 Å². The second kappa shape index (κ2) is 5.43. The maximum absolute atomic E-state index is 12.9. The second-order valence-electron chi connectivity index (χ2n) is 7.55. The Balaban J connectivity index is 2.35. The molecule has 2 amide bonds. The van der Waals surface area contributed by atoms with Crippen molar-refractivity contribution >= 4 is 17.8 Å². The van der Waals surface area contributed by atoms with Gasteiger partial charge in [-0.05, 0) is 18.3 Å². The van der Waals surface area contributed by atoms with Crippen LogP contribution >= 0.6 is 0 Å². The Morgan fingerprint density at radius 1 is 1.14 bits per heavy atom. The predicted molar refractivity (Wildman–Crippen MR) is 77.5 cm³/mol. The van der Waals surface area contributed by atoms with Crippen molar-refractivity contribution in [1.82, 2.24) is 4.90 Å². The molecule has 1 atom stereocenters. The van der Waals surface area contributed by atoms with Gasteiger partial charge in [0.25, 0.3) is 0 Å². The highest BCUT2D eigenvalue weighted by atomic mass is 16.4. The van der Waals surface area contributed by atoms with Crippen LogP contribution in [0.1, 0.15) is 65.7 Å². The molecule has 1 aliphatic heterocycles. The van der Waals surface area contributed by atoms with E-state index >= 15 is 0 Å².